The Morgan fingerprint density at radius 3 is 2.48 bits per heavy atom. The van der Waals surface area contributed by atoms with Gasteiger partial charge in [0.2, 0.25) is 5.91 Å². The van der Waals surface area contributed by atoms with Gasteiger partial charge in [0.05, 0.1) is 5.92 Å². The van der Waals surface area contributed by atoms with E-state index in [2.05, 4.69) is 0 Å². The van der Waals surface area contributed by atoms with Gasteiger partial charge in [-0.25, -0.2) is 0 Å². The lowest BCUT2D eigenvalue weighted by atomic mass is 10.00. The van der Waals surface area contributed by atoms with Crippen molar-refractivity contribution in [1.82, 2.24) is 0 Å². The molecule has 0 saturated heterocycles. The Hall–Kier alpha value is -2.27. The minimum Gasteiger partial charge on any atom is -0.481 e. The summed E-state index contributed by atoms with van der Waals surface area (Å²) in [6.45, 7) is 0.219. The van der Waals surface area contributed by atoms with Gasteiger partial charge in [-0.2, -0.15) is 0 Å². The molecule has 23 heavy (non-hydrogen) atoms. The molecule has 0 bridgehead atoms. The van der Waals surface area contributed by atoms with Crippen molar-refractivity contribution >= 4 is 29.3 Å². The van der Waals surface area contributed by atoms with Crippen molar-refractivity contribution in [1.29, 1.82) is 0 Å². The Balaban J connectivity index is 1.70. The molecule has 4 rings (SSSR count). The van der Waals surface area contributed by atoms with Crippen molar-refractivity contribution in [2.24, 2.45) is 0 Å². The molecule has 0 saturated carbocycles. The van der Waals surface area contributed by atoms with E-state index in [1.807, 2.05) is 42.5 Å². The summed E-state index contributed by atoms with van der Waals surface area (Å²) in [6, 6.07) is 15.3. The molecule has 1 N–H and O–H groups in total. The van der Waals surface area contributed by atoms with Gasteiger partial charge in [0, 0.05) is 22.9 Å². The first-order valence-corrected chi connectivity index (χ1v) is 8.50. The van der Waals surface area contributed by atoms with E-state index >= 15 is 0 Å². The fourth-order valence-corrected chi connectivity index (χ4v) is 4.60. The van der Waals surface area contributed by atoms with Crippen LogP contribution in [0.1, 0.15) is 23.0 Å². The summed E-state index contributed by atoms with van der Waals surface area (Å²) in [7, 11) is 0. The second-order valence-corrected chi connectivity index (χ2v) is 6.86. The van der Waals surface area contributed by atoms with Crippen LogP contribution in [0, 0.1) is 0 Å². The van der Waals surface area contributed by atoms with E-state index in [0.29, 0.717) is 5.75 Å². The molecular weight excluding hydrogens is 310 g/mol. The third kappa shape index (κ3) is 2.23. The van der Waals surface area contributed by atoms with Crippen LogP contribution in [0.25, 0.3) is 0 Å². The van der Waals surface area contributed by atoms with E-state index in [1.54, 1.807) is 22.7 Å². The van der Waals surface area contributed by atoms with Gasteiger partial charge < -0.3 is 10.0 Å². The summed E-state index contributed by atoms with van der Waals surface area (Å²) >= 11 is 1.69. The highest BCUT2D eigenvalue weighted by atomic mass is 32.2. The Kier molecular flexibility index (Phi) is 3.38. The molecule has 2 unspecified atom stereocenters. The third-order valence-electron chi connectivity index (χ3n) is 4.53. The maximum absolute atomic E-state index is 13.1. The molecular formula is C18H15NO3S. The number of carbonyl (C=O) groups is 2. The van der Waals surface area contributed by atoms with Gasteiger partial charge in [-0.1, -0.05) is 36.4 Å². The van der Waals surface area contributed by atoms with E-state index in [9.17, 15) is 14.7 Å². The first-order valence-electron chi connectivity index (χ1n) is 7.51. The Morgan fingerprint density at radius 1 is 1.00 bits per heavy atom. The van der Waals surface area contributed by atoms with Crippen LogP contribution in [0.15, 0.2) is 53.4 Å². The van der Waals surface area contributed by atoms with Crippen LogP contribution in [-0.4, -0.2) is 29.3 Å². The van der Waals surface area contributed by atoms with Gasteiger partial charge in [-0.3, -0.25) is 9.59 Å². The van der Waals surface area contributed by atoms with Crippen LogP contribution >= 0.6 is 11.8 Å². The van der Waals surface area contributed by atoms with Gasteiger partial charge in [-0.15, -0.1) is 11.8 Å². The topological polar surface area (TPSA) is 57.6 Å². The second kappa shape index (κ2) is 5.42. The summed E-state index contributed by atoms with van der Waals surface area (Å²) in [4.78, 5) is 27.4. The van der Waals surface area contributed by atoms with Gasteiger partial charge >= 0.3 is 5.97 Å². The lowest BCUT2D eigenvalue weighted by Gasteiger charge is -2.21. The lowest BCUT2D eigenvalue weighted by Crippen LogP contribution is -2.35. The Labute approximate surface area is 138 Å². The van der Waals surface area contributed by atoms with Crippen LogP contribution in [0.4, 0.5) is 5.69 Å². The minimum atomic E-state index is -0.881. The van der Waals surface area contributed by atoms with E-state index in [0.717, 1.165) is 21.7 Å². The van der Waals surface area contributed by atoms with Crippen molar-refractivity contribution in [2.75, 3.05) is 17.2 Å². The summed E-state index contributed by atoms with van der Waals surface area (Å²) in [5, 5.41) is 9.44. The summed E-state index contributed by atoms with van der Waals surface area (Å²) in [5.74, 6) is -1.00. The molecule has 2 aromatic rings. The molecule has 4 nitrogen and oxygen atoms in total. The number of carbonyl (C=O) groups excluding carboxylic acids is 1. The second-order valence-electron chi connectivity index (χ2n) is 5.80. The van der Waals surface area contributed by atoms with E-state index in [4.69, 9.17) is 0 Å². The maximum Gasteiger partial charge on any atom is 0.312 e. The molecule has 116 valence electrons. The predicted molar refractivity (Wildman–Crippen MR) is 89.1 cm³/mol. The number of fused-ring (bicyclic) bond motifs is 2. The number of hydrogen-bond acceptors (Lipinski definition) is 3. The summed E-state index contributed by atoms with van der Waals surface area (Å²) in [5.41, 5.74) is 2.52. The molecule has 2 atom stereocenters. The first kappa shape index (κ1) is 14.3. The highest BCUT2D eigenvalue weighted by Crippen LogP contribution is 2.43. The monoisotopic (exact) mass is 325 g/mol. The predicted octanol–water partition coefficient (Wildman–Crippen LogP) is 3.09. The fraction of sp³-hybridized carbons (Fsp3) is 0.222. The number of aliphatic carboxylic acids is 1. The number of carboxylic acids is 1. The summed E-state index contributed by atoms with van der Waals surface area (Å²) < 4.78 is 0. The van der Waals surface area contributed by atoms with E-state index in [-0.39, 0.29) is 18.4 Å². The highest BCUT2D eigenvalue weighted by Gasteiger charge is 2.40. The number of hydrogen-bond donors (Lipinski definition) is 1. The molecule has 0 spiro atoms. The molecule has 0 aromatic heterocycles. The standard InChI is InChI=1S/C18H15NO3S/c20-17(14-10-23-16-8-4-2-6-12(14)16)19-9-13(18(21)22)11-5-1-3-7-15(11)19/h1-8,13-14H,9-10H2,(H,21,22). The third-order valence-corrected chi connectivity index (χ3v) is 5.71. The van der Waals surface area contributed by atoms with Crippen molar-refractivity contribution in [2.45, 2.75) is 16.7 Å². The molecule has 2 heterocycles. The number of thioether (sulfide) groups is 1. The maximum atomic E-state index is 13.1. The highest BCUT2D eigenvalue weighted by molar-refractivity contribution is 7.99. The van der Waals surface area contributed by atoms with Gasteiger partial charge in [-0.05, 0) is 23.3 Å². The molecule has 0 fully saturated rings. The average molecular weight is 325 g/mol. The number of benzene rings is 2. The molecule has 1 amide bonds. The largest absolute Gasteiger partial charge is 0.481 e. The normalized spacial score (nSPS) is 21.8. The molecule has 0 aliphatic carbocycles. The van der Waals surface area contributed by atoms with E-state index < -0.39 is 11.9 Å². The van der Waals surface area contributed by atoms with Crippen molar-refractivity contribution in [3.05, 3.63) is 59.7 Å². The smallest absolute Gasteiger partial charge is 0.312 e. The average Bonchev–Trinajstić information content (AvgIpc) is 3.16. The Bertz CT molecular complexity index is 804. The fourth-order valence-electron chi connectivity index (χ4n) is 3.38. The number of nitrogens with zero attached hydrogens (tertiary/aromatic N) is 1. The SMILES string of the molecule is O=C(O)C1CN(C(=O)C2CSc3ccccc32)c2ccccc21. The molecule has 2 aliphatic rings. The molecule has 0 radical (unpaired) electrons. The van der Waals surface area contributed by atoms with Crippen LogP contribution in [0.3, 0.4) is 0 Å². The Morgan fingerprint density at radius 2 is 1.70 bits per heavy atom. The number of anilines is 1. The summed E-state index contributed by atoms with van der Waals surface area (Å²) in [6.07, 6.45) is 0. The zero-order valence-corrected chi connectivity index (χ0v) is 13.1. The molecule has 2 aliphatic heterocycles. The van der Waals surface area contributed by atoms with Crippen LogP contribution < -0.4 is 4.90 Å². The zero-order valence-electron chi connectivity index (χ0n) is 12.3. The minimum absolute atomic E-state index is 0.00125. The quantitative estimate of drug-likeness (QED) is 0.922. The van der Waals surface area contributed by atoms with Crippen molar-refractivity contribution < 1.29 is 14.7 Å². The van der Waals surface area contributed by atoms with Crippen LogP contribution in [0.5, 0.6) is 0 Å². The number of amides is 1. The lowest BCUT2D eigenvalue weighted by molar-refractivity contribution is -0.138. The number of rotatable bonds is 2. The molecule has 2 aromatic carbocycles. The van der Waals surface area contributed by atoms with Gasteiger partial charge in [0.25, 0.3) is 0 Å². The van der Waals surface area contributed by atoms with Crippen LogP contribution in [-0.2, 0) is 9.59 Å². The van der Waals surface area contributed by atoms with Gasteiger partial charge in [0.15, 0.2) is 0 Å². The number of carboxylic acid groups (broad SMARTS) is 1. The van der Waals surface area contributed by atoms with Gasteiger partial charge in [0.1, 0.15) is 5.92 Å². The zero-order chi connectivity index (χ0) is 16.0. The van der Waals surface area contributed by atoms with E-state index in [1.165, 1.54) is 0 Å². The first-order chi connectivity index (χ1) is 11.2. The van der Waals surface area contributed by atoms with Crippen molar-refractivity contribution in [3.8, 4) is 0 Å². The van der Waals surface area contributed by atoms with Crippen molar-refractivity contribution in [3.63, 3.8) is 0 Å². The van der Waals surface area contributed by atoms with Crippen LogP contribution in [0.2, 0.25) is 0 Å². The molecule has 5 heteroatoms. The number of para-hydroxylation sites is 1.